The van der Waals surface area contributed by atoms with Gasteiger partial charge in [-0.2, -0.15) is 0 Å². The number of ketones is 1. The summed E-state index contributed by atoms with van der Waals surface area (Å²) in [4.78, 5) is 11.5. The number of nitrogen functional groups attached to an aromatic ring is 1. The number of carbonyl (C=O) groups is 1. The van der Waals surface area contributed by atoms with E-state index in [-0.39, 0.29) is 10.6 Å². The minimum atomic E-state index is -0.159. The lowest BCUT2D eigenvalue weighted by Crippen LogP contribution is -2.12. The first kappa shape index (κ1) is 10.3. The number of carbonyl (C=O) groups excluding carboxylic acids is 1. The Labute approximate surface area is 86.3 Å². The lowest BCUT2D eigenvalue weighted by atomic mass is 10.0. The number of hydrogen-bond donors (Lipinski definition) is 1. The molecule has 0 aliphatic carbocycles. The van der Waals surface area contributed by atoms with Gasteiger partial charge in [-0.25, -0.2) is 0 Å². The van der Waals surface area contributed by atoms with Crippen molar-refractivity contribution in [1.29, 1.82) is 0 Å². The maximum atomic E-state index is 11.6. The van der Waals surface area contributed by atoms with Crippen LogP contribution in [0.1, 0.15) is 22.8 Å². The van der Waals surface area contributed by atoms with Gasteiger partial charge in [0.1, 0.15) is 0 Å². The molecule has 0 saturated heterocycles. The minimum absolute atomic E-state index is 0.0739. The third-order valence-corrected chi connectivity index (χ3v) is 2.42. The molecule has 2 N–H and O–H groups in total. The molecule has 2 nitrogen and oxygen atoms in total. The van der Waals surface area contributed by atoms with E-state index in [4.69, 9.17) is 5.73 Å². The van der Waals surface area contributed by atoms with Crippen LogP contribution in [0, 0.1) is 6.92 Å². The monoisotopic (exact) mass is 241 g/mol. The third-order valence-electron chi connectivity index (χ3n) is 2.00. The molecule has 0 radical (unpaired) electrons. The quantitative estimate of drug-likeness (QED) is 0.492. The molecule has 70 valence electrons. The molecule has 1 unspecified atom stereocenters. The largest absolute Gasteiger partial charge is 0.398 e. The average molecular weight is 242 g/mol. The van der Waals surface area contributed by atoms with Gasteiger partial charge < -0.3 is 5.73 Å². The van der Waals surface area contributed by atoms with E-state index in [1.165, 1.54) is 0 Å². The van der Waals surface area contributed by atoms with Crippen LogP contribution in [-0.2, 0) is 0 Å². The summed E-state index contributed by atoms with van der Waals surface area (Å²) in [6.45, 7) is 3.67. The van der Waals surface area contributed by atoms with Crippen molar-refractivity contribution in [2.45, 2.75) is 18.7 Å². The Kier molecular flexibility index (Phi) is 3.09. The Morgan fingerprint density at radius 1 is 1.54 bits per heavy atom. The maximum Gasteiger partial charge on any atom is 0.176 e. The summed E-state index contributed by atoms with van der Waals surface area (Å²) in [6.07, 6.45) is 0. The van der Waals surface area contributed by atoms with E-state index >= 15 is 0 Å². The van der Waals surface area contributed by atoms with Crippen molar-refractivity contribution >= 4 is 27.4 Å². The average Bonchev–Trinajstić information content (AvgIpc) is 2.08. The molecular formula is C10H12BrNO. The maximum absolute atomic E-state index is 11.6. The number of benzene rings is 1. The highest BCUT2D eigenvalue weighted by Gasteiger charge is 2.14. The molecule has 3 heteroatoms. The van der Waals surface area contributed by atoms with E-state index in [1.54, 1.807) is 18.2 Å². The van der Waals surface area contributed by atoms with Crippen molar-refractivity contribution in [3.8, 4) is 0 Å². The van der Waals surface area contributed by atoms with Crippen LogP contribution in [0.3, 0.4) is 0 Å². The van der Waals surface area contributed by atoms with Gasteiger partial charge in [-0.05, 0) is 25.5 Å². The summed E-state index contributed by atoms with van der Waals surface area (Å²) in [5.41, 5.74) is 7.92. The standard InChI is InChI=1S/C10H12BrNO/c1-6-8(10(13)7(2)11)4-3-5-9(6)12/h3-5,7H,12H2,1-2H3. The summed E-state index contributed by atoms with van der Waals surface area (Å²) in [5.74, 6) is 0.0739. The van der Waals surface area contributed by atoms with Crippen molar-refractivity contribution in [2.75, 3.05) is 5.73 Å². The smallest absolute Gasteiger partial charge is 0.176 e. The molecule has 0 saturated carbocycles. The Hall–Kier alpha value is -0.830. The van der Waals surface area contributed by atoms with Gasteiger partial charge in [-0.3, -0.25) is 4.79 Å². The molecule has 0 aliphatic heterocycles. The molecule has 1 rings (SSSR count). The van der Waals surface area contributed by atoms with Gasteiger partial charge in [0.15, 0.2) is 5.78 Å². The molecule has 0 heterocycles. The molecule has 0 aliphatic rings. The van der Waals surface area contributed by atoms with E-state index in [0.717, 1.165) is 5.56 Å². The first-order valence-corrected chi connectivity index (χ1v) is 4.99. The van der Waals surface area contributed by atoms with Gasteiger partial charge in [-0.15, -0.1) is 0 Å². The molecule has 0 amide bonds. The fourth-order valence-electron chi connectivity index (χ4n) is 1.13. The number of anilines is 1. The van der Waals surface area contributed by atoms with Crippen LogP contribution in [0.2, 0.25) is 0 Å². The molecule has 0 spiro atoms. The zero-order valence-electron chi connectivity index (χ0n) is 7.67. The molecule has 1 aromatic rings. The molecule has 13 heavy (non-hydrogen) atoms. The van der Waals surface area contributed by atoms with Gasteiger partial charge >= 0.3 is 0 Å². The fourth-order valence-corrected chi connectivity index (χ4v) is 1.38. The highest BCUT2D eigenvalue weighted by atomic mass is 79.9. The summed E-state index contributed by atoms with van der Waals surface area (Å²) >= 11 is 3.24. The molecule has 1 atom stereocenters. The van der Waals surface area contributed by atoms with Crippen molar-refractivity contribution in [1.82, 2.24) is 0 Å². The lowest BCUT2D eigenvalue weighted by molar-refractivity contribution is 0.0995. The highest BCUT2D eigenvalue weighted by Crippen LogP contribution is 2.18. The number of nitrogens with two attached hydrogens (primary N) is 1. The van der Waals surface area contributed by atoms with Crippen LogP contribution in [0.5, 0.6) is 0 Å². The minimum Gasteiger partial charge on any atom is -0.398 e. The number of hydrogen-bond acceptors (Lipinski definition) is 2. The first-order chi connectivity index (χ1) is 6.04. The number of rotatable bonds is 2. The number of Topliss-reactive ketones (excluding diaryl/α,β-unsaturated/α-hetero) is 1. The highest BCUT2D eigenvalue weighted by molar-refractivity contribution is 9.10. The number of halogens is 1. The van der Waals surface area contributed by atoms with E-state index in [9.17, 15) is 4.79 Å². The molecule has 1 aromatic carbocycles. The Bertz CT molecular complexity index is 334. The zero-order chi connectivity index (χ0) is 10.0. The summed E-state index contributed by atoms with van der Waals surface area (Å²) in [6, 6.07) is 5.39. The van der Waals surface area contributed by atoms with Gasteiger partial charge in [0.05, 0.1) is 4.83 Å². The second-order valence-electron chi connectivity index (χ2n) is 3.00. The van der Waals surface area contributed by atoms with Crippen LogP contribution in [0.25, 0.3) is 0 Å². The molecule has 0 aromatic heterocycles. The van der Waals surface area contributed by atoms with E-state index in [1.807, 2.05) is 13.8 Å². The van der Waals surface area contributed by atoms with Gasteiger partial charge in [0.2, 0.25) is 0 Å². The topological polar surface area (TPSA) is 43.1 Å². The molecule has 0 fully saturated rings. The van der Waals surface area contributed by atoms with Crippen LogP contribution in [0.15, 0.2) is 18.2 Å². The van der Waals surface area contributed by atoms with Gasteiger partial charge in [0, 0.05) is 11.3 Å². The Morgan fingerprint density at radius 3 is 2.69 bits per heavy atom. The first-order valence-electron chi connectivity index (χ1n) is 4.07. The molecule has 0 bridgehead atoms. The summed E-state index contributed by atoms with van der Waals surface area (Å²) in [7, 11) is 0. The number of alkyl halides is 1. The van der Waals surface area contributed by atoms with Crippen LogP contribution >= 0.6 is 15.9 Å². The second-order valence-corrected chi connectivity index (χ2v) is 4.37. The SMILES string of the molecule is Cc1c(N)cccc1C(=O)C(C)Br. The second kappa shape index (κ2) is 3.92. The van der Waals surface area contributed by atoms with Crippen molar-refractivity contribution < 1.29 is 4.79 Å². The normalized spacial score (nSPS) is 12.5. The van der Waals surface area contributed by atoms with Crippen molar-refractivity contribution in [3.63, 3.8) is 0 Å². The van der Waals surface area contributed by atoms with E-state index < -0.39 is 0 Å². The van der Waals surface area contributed by atoms with Crippen molar-refractivity contribution in [2.24, 2.45) is 0 Å². The summed E-state index contributed by atoms with van der Waals surface area (Å²) in [5, 5.41) is 0. The third kappa shape index (κ3) is 2.10. The lowest BCUT2D eigenvalue weighted by Gasteiger charge is -2.08. The molecular weight excluding hydrogens is 230 g/mol. The summed E-state index contributed by atoms with van der Waals surface area (Å²) < 4.78 is 0. The van der Waals surface area contributed by atoms with Crippen LogP contribution < -0.4 is 5.73 Å². The van der Waals surface area contributed by atoms with E-state index in [2.05, 4.69) is 15.9 Å². The Balaban J connectivity index is 3.15. The van der Waals surface area contributed by atoms with E-state index in [0.29, 0.717) is 11.3 Å². The fraction of sp³-hybridized carbons (Fsp3) is 0.300. The predicted molar refractivity (Wildman–Crippen MR) is 58.3 cm³/mol. The van der Waals surface area contributed by atoms with Gasteiger partial charge in [0.25, 0.3) is 0 Å². The van der Waals surface area contributed by atoms with Gasteiger partial charge in [-0.1, -0.05) is 28.1 Å². The predicted octanol–water partition coefficient (Wildman–Crippen LogP) is 2.54. The van der Waals surface area contributed by atoms with Crippen LogP contribution in [-0.4, -0.2) is 10.6 Å². The van der Waals surface area contributed by atoms with Crippen molar-refractivity contribution in [3.05, 3.63) is 29.3 Å². The van der Waals surface area contributed by atoms with Crippen LogP contribution in [0.4, 0.5) is 5.69 Å². The Morgan fingerprint density at radius 2 is 2.15 bits per heavy atom. The zero-order valence-corrected chi connectivity index (χ0v) is 9.26.